The average Bonchev–Trinajstić information content (AvgIpc) is 3.06. The molecule has 0 saturated carbocycles. The standard InChI is InChI=1S/C14H27N3O4.C2H6/c1-3-17-13-14(15-16-17)5-6-19-9-10-21-12-11-20-8-7-18-4-2;1-2/h13H,3-12H2,1-2H3;1-2H3. The summed E-state index contributed by atoms with van der Waals surface area (Å²) in [6.45, 7) is 13.8. The minimum atomic E-state index is 0.580. The van der Waals surface area contributed by atoms with Crippen LogP contribution in [0.4, 0.5) is 0 Å². The number of hydrogen-bond acceptors (Lipinski definition) is 6. The second kappa shape index (κ2) is 17.3. The van der Waals surface area contributed by atoms with Gasteiger partial charge in [-0.05, 0) is 13.8 Å². The summed E-state index contributed by atoms with van der Waals surface area (Å²) in [5.41, 5.74) is 0.959. The van der Waals surface area contributed by atoms with Crippen molar-refractivity contribution in [1.82, 2.24) is 15.0 Å². The van der Waals surface area contributed by atoms with E-state index >= 15 is 0 Å². The summed E-state index contributed by atoms with van der Waals surface area (Å²) in [7, 11) is 0. The lowest BCUT2D eigenvalue weighted by atomic mass is 10.3. The van der Waals surface area contributed by atoms with Crippen LogP contribution in [0.2, 0.25) is 0 Å². The Kier molecular flexibility index (Phi) is 16.6. The van der Waals surface area contributed by atoms with Crippen LogP contribution >= 0.6 is 0 Å². The second-order valence-electron chi connectivity index (χ2n) is 4.35. The second-order valence-corrected chi connectivity index (χ2v) is 4.35. The van der Waals surface area contributed by atoms with Gasteiger partial charge in [-0.1, -0.05) is 19.1 Å². The maximum absolute atomic E-state index is 5.48. The Balaban J connectivity index is 0.00000232. The highest BCUT2D eigenvalue weighted by Gasteiger charge is 1.99. The van der Waals surface area contributed by atoms with Gasteiger partial charge in [0, 0.05) is 25.8 Å². The van der Waals surface area contributed by atoms with Crippen molar-refractivity contribution in [2.24, 2.45) is 0 Å². The highest BCUT2D eigenvalue weighted by atomic mass is 16.6. The van der Waals surface area contributed by atoms with Gasteiger partial charge >= 0.3 is 0 Å². The van der Waals surface area contributed by atoms with Crippen molar-refractivity contribution in [3.8, 4) is 0 Å². The van der Waals surface area contributed by atoms with E-state index in [-0.39, 0.29) is 0 Å². The van der Waals surface area contributed by atoms with Gasteiger partial charge in [-0.25, -0.2) is 0 Å². The highest BCUT2D eigenvalue weighted by Crippen LogP contribution is 1.95. The molecule has 0 aliphatic heterocycles. The van der Waals surface area contributed by atoms with Crippen LogP contribution in [0.1, 0.15) is 33.4 Å². The Morgan fingerprint density at radius 1 is 0.826 bits per heavy atom. The van der Waals surface area contributed by atoms with Crippen molar-refractivity contribution in [2.45, 2.75) is 40.7 Å². The van der Waals surface area contributed by atoms with Crippen LogP contribution in [0.3, 0.4) is 0 Å². The first-order valence-electron chi connectivity index (χ1n) is 8.56. The van der Waals surface area contributed by atoms with E-state index in [1.54, 1.807) is 0 Å². The first-order valence-corrected chi connectivity index (χ1v) is 8.56. The third kappa shape index (κ3) is 13.1. The molecule has 0 spiro atoms. The van der Waals surface area contributed by atoms with Gasteiger partial charge in [-0.15, -0.1) is 5.10 Å². The zero-order valence-electron chi connectivity index (χ0n) is 15.1. The molecule has 0 aliphatic rings. The first-order chi connectivity index (χ1) is 11.4. The molecule has 7 nitrogen and oxygen atoms in total. The fraction of sp³-hybridized carbons (Fsp3) is 0.875. The maximum atomic E-state index is 5.48. The molecule has 136 valence electrons. The van der Waals surface area contributed by atoms with Gasteiger partial charge in [0.25, 0.3) is 0 Å². The van der Waals surface area contributed by atoms with Gasteiger partial charge in [-0.3, -0.25) is 4.68 Å². The van der Waals surface area contributed by atoms with Crippen molar-refractivity contribution in [3.05, 3.63) is 11.9 Å². The van der Waals surface area contributed by atoms with E-state index in [9.17, 15) is 0 Å². The lowest BCUT2D eigenvalue weighted by Crippen LogP contribution is -2.12. The molecule has 0 bridgehead atoms. The molecule has 0 aliphatic carbocycles. The maximum Gasteiger partial charge on any atom is 0.0850 e. The first kappa shape index (κ1) is 22.0. The third-order valence-corrected chi connectivity index (χ3v) is 2.73. The van der Waals surface area contributed by atoms with Crippen molar-refractivity contribution >= 4 is 0 Å². The fourth-order valence-corrected chi connectivity index (χ4v) is 1.59. The number of nitrogens with zero attached hydrogens (tertiary/aromatic N) is 3. The smallest absolute Gasteiger partial charge is 0.0850 e. The highest BCUT2D eigenvalue weighted by molar-refractivity contribution is 4.91. The Bertz CT molecular complexity index is 348. The van der Waals surface area contributed by atoms with Gasteiger partial charge in [0.15, 0.2) is 0 Å². The van der Waals surface area contributed by atoms with Gasteiger partial charge in [0.2, 0.25) is 0 Å². The zero-order chi connectivity index (χ0) is 17.2. The van der Waals surface area contributed by atoms with Crippen LogP contribution in [-0.2, 0) is 31.9 Å². The Labute approximate surface area is 140 Å². The number of hydrogen-bond donors (Lipinski definition) is 0. The predicted octanol–water partition coefficient (Wildman–Crippen LogP) is 1.95. The molecular formula is C16H33N3O4. The van der Waals surface area contributed by atoms with Crippen LogP contribution < -0.4 is 0 Å². The monoisotopic (exact) mass is 331 g/mol. The molecule has 0 radical (unpaired) electrons. The SMILES string of the molecule is CC.CCOCCOCCOCCOCCc1cn(CC)nn1. The van der Waals surface area contributed by atoms with Crippen LogP contribution in [0.25, 0.3) is 0 Å². The lowest BCUT2D eigenvalue weighted by Gasteiger charge is -2.06. The molecule has 0 atom stereocenters. The van der Waals surface area contributed by atoms with E-state index in [4.69, 9.17) is 18.9 Å². The molecule has 0 saturated heterocycles. The molecule has 0 N–H and O–H groups in total. The topological polar surface area (TPSA) is 67.6 Å². The lowest BCUT2D eigenvalue weighted by molar-refractivity contribution is -0.000195. The van der Waals surface area contributed by atoms with Crippen molar-refractivity contribution in [3.63, 3.8) is 0 Å². The van der Waals surface area contributed by atoms with Crippen LogP contribution in [-0.4, -0.2) is 67.8 Å². The number of rotatable bonds is 14. The zero-order valence-corrected chi connectivity index (χ0v) is 15.1. The van der Waals surface area contributed by atoms with Crippen molar-refractivity contribution < 1.29 is 18.9 Å². The molecule has 23 heavy (non-hydrogen) atoms. The number of aromatic nitrogens is 3. The van der Waals surface area contributed by atoms with E-state index < -0.39 is 0 Å². The molecule has 7 heteroatoms. The van der Waals surface area contributed by atoms with E-state index in [0.717, 1.165) is 25.3 Å². The molecular weight excluding hydrogens is 298 g/mol. The van der Waals surface area contributed by atoms with E-state index in [1.807, 2.05) is 38.6 Å². The summed E-state index contributed by atoms with van der Waals surface area (Å²) in [4.78, 5) is 0. The Morgan fingerprint density at radius 2 is 1.35 bits per heavy atom. The molecule has 0 unspecified atom stereocenters. The van der Waals surface area contributed by atoms with Crippen molar-refractivity contribution in [2.75, 3.05) is 52.9 Å². The molecule has 0 amide bonds. The predicted molar refractivity (Wildman–Crippen MR) is 89.7 cm³/mol. The average molecular weight is 331 g/mol. The molecule has 1 heterocycles. The third-order valence-electron chi connectivity index (χ3n) is 2.73. The summed E-state index contributed by atoms with van der Waals surface area (Å²) in [6.07, 6.45) is 2.72. The molecule has 1 aromatic heterocycles. The van der Waals surface area contributed by atoms with E-state index in [2.05, 4.69) is 10.3 Å². The fourth-order valence-electron chi connectivity index (χ4n) is 1.59. The van der Waals surface area contributed by atoms with Gasteiger partial charge in [0.1, 0.15) is 0 Å². The minimum absolute atomic E-state index is 0.580. The largest absolute Gasteiger partial charge is 0.379 e. The molecule has 0 fully saturated rings. The van der Waals surface area contributed by atoms with Gasteiger partial charge in [0.05, 0.1) is 51.9 Å². The summed E-state index contributed by atoms with van der Waals surface area (Å²) in [5, 5.41) is 8.02. The van der Waals surface area contributed by atoms with Crippen LogP contribution in [0, 0.1) is 0 Å². The molecule has 0 aromatic carbocycles. The molecule has 1 rings (SSSR count). The molecule has 1 aromatic rings. The number of ether oxygens (including phenoxy) is 4. The summed E-state index contributed by atoms with van der Waals surface area (Å²) in [5.74, 6) is 0. The number of aryl methyl sites for hydroxylation is 1. The summed E-state index contributed by atoms with van der Waals surface area (Å²) >= 11 is 0. The summed E-state index contributed by atoms with van der Waals surface area (Å²) < 4.78 is 23.2. The Hall–Kier alpha value is -1.02. The van der Waals surface area contributed by atoms with Crippen LogP contribution in [0.15, 0.2) is 6.20 Å². The summed E-state index contributed by atoms with van der Waals surface area (Å²) in [6, 6.07) is 0. The quantitative estimate of drug-likeness (QED) is 0.485. The van der Waals surface area contributed by atoms with Crippen LogP contribution in [0.5, 0.6) is 0 Å². The van der Waals surface area contributed by atoms with E-state index in [0.29, 0.717) is 46.2 Å². The van der Waals surface area contributed by atoms with E-state index in [1.165, 1.54) is 0 Å². The van der Waals surface area contributed by atoms with Gasteiger partial charge in [-0.2, -0.15) is 0 Å². The van der Waals surface area contributed by atoms with Gasteiger partial charge < -0.3 is 18.9 Å². The Morgan fingerprint density at radius 3 is 1.83 bits per heavy atom. The normalized spacial score (nSPS) is 10.4. The van der Waals surface area contributed by atoms with Crippen molar-refractivity contribution in [1.29, 1.82) is 0 Å². The minimum Gasteiger partial charge on any atom is -0.379 e.